The Morgan fingerprint density at radius 3 is 1.83 bits per heavy atom. The van der Waals surface area contributed by atoms with Crippen LogP contribution in [0.3, 0.4) is 0 Å². The Kier molecular flexibility index (Phi) is 12.7. The molecule has 0 saturated carbocycles. The van der Waals surface area contributed by atoms with E-state index in [9.17, 15) is 4.79 Å². The van der Waals surface area contributed by atoms with Gasteiger partial charge in [0.15, 0.2) is 0 Å². The van der Waals surface area contributed by atoms with Crippen LogP contribution in [0, 0.1) is 5.41 Å². The standard InChI is InChI=1S/C9H21N.C9H10O3.ClH/c1-6-10(7-2)8-9(3,4)5;1-2-12-8-5-3-7(4-6-8)9(10)11;/h6-8H2,1-5H3;3-6H,2H2,1H3,(H,10,11);1H. The zero-order valence-corrected chi connectivity index (χ0v) is 16.1. The summed E-state index contributed by atoms with van der Waals surface area (Å²) < 4.78 is 5.15. The molecule has 0 radical (unpaired) electrons. The van der Waals surface area contributed by atoms with E-state index >= 15 is 0 Å². The minimum atomic E-state index is -0.918. The van der Waals surface area contributed by atoms with E-state index in [1.165, 1.54) is 31.8 Å². The fourth-order valence-corrected chi connectivity index (χ4v) is 1.98. The van der Waals surface area contributed by atoms with E-state index in [4.69, 9.17) is 9.84 Å². The summed E-state index contributed by atoms with van der Waals surface area (Å²) >= 11 is 0. The van der Waals surface area contributed by atoms with Crippen LogP contribution in [-0.2, 0) is 0 Å². The summed E-state index contributed by atoms with van der Waals surface area (Å²) in [5, 5.41) is 8.56. The van der Waals surface area contributed by atoms with Crippen molar-refractivity contribution >= 4 is 18.4 Å². The third-order valence-electron chi connectivity index (χ3n) is 3.00. The summed E-state index contributed by atoms with van der Waals surface area (Å²) in [6.07, 6.45) is 0. The van der Waals surface area contributed by atoms with Crippen molar-refractivity contribution in [1.29, 1.82) is 0 Å². The molecule has 0 bridgehead atoms. The second-order valence-corrected chi connectivity index (χ2v) is 6.28. The molecule has 23 heavy (non-hydrogen) atoms. The summed E-state index contributed by atoms with van der Waals surface area (Å²) in [5.41, 5.74) is 0.727. The van der Waals surface area contributed by atoms with Gasteiger partial charge in [-0.15, -0.1) is 12.4 Å². The molecular weight excluding hydrogens is 314 g/mol. The maximum atomic E-state index is 10.4. The van der Waals surface area contributed by atoms with Crippen LogP contribution in [0.1, 0.15) is 51.9 Å². The monoisotopic (exact) mass is 345 g/mol. The number of aromatic carboxylic acids is 1. The van der Waals surface area contributed by atoms with Gasteiger partial charge in [-0.2, -0.15) is 0 Å². The van der Waals surface area contributed by atoms with Gasteiger partial charge in [0.2, 0.25) is 0 Å². The number of carbonyl (C=O) groups is 1. The number of nitrogens with zero attached hydrogens (tertiary/aromatic N) is 1. The maximum Gasteiger partial charge on any atom is 0.335 e. The van der Waals surface area contributed by atoms with Crippen LogP contribution in [0.5, 0.6) is 5.75 Å². The number of carboxylic acids is 1. The van der Waals surface area contributed by atoms with Gasteiger partial charge < -0.3 is 14.7 Å². The lowest BCUT2D eigenvalue weighted by Gasteiger charge is -2.27. The fourth-order valence-electron chi connectivity index (χ4n) is 1.98. The summed E-state index contributed by atoms with van der Waals surface area (Å²) in [6, 6.07) is 6.33. The summed E-state index contributed by atoms with van der Waals surface area (Å²) in [7, 11) is 0. The summed E-state index contributed by atoms with van der Waals surface area (Å²) in [6.45, 7) is 17.3. The summed E-state index contributed by atoms with van der Waals surface area (Å²) in [5.74, 6) is -0.222. The van der Waals surface area contributed by atoms with Crippen molar-refractivity contribution in [3.05, 3.63) is 29.8 Å². The first-order chi connectivity index (χ1) is 10.2. The number of carboxylic acid groups (broad SMARTS) is 1. The highest BCUT2D eigenvalue weighted by Crippen LogP contribution is 2.14. The largest absolute Gasteiger partial charge is 0.494 e. The average molecular weight is 346 g/mol. The van der Waals surface area contributed by atoms with Gasteiger partial charge in [-0.05, 0) is 49.7 Å². The van der Waals surface area contributed by atoms with Crippen molar-refractivity contribution in [2.75, 3.05) is 26.2 Å². The lowest BCUT2D eigenvalue weighted by atomic mass is 9.96. The molecule has 0 saturated heterocycles. The molecule has 134 valence electrons. The van der Waals surface area contributed by atoms with E-state index < -0.39 is 5.97 Å². The third-order valence-corrected chi connectivity index (χ3v) is 3.00. The van der Waals surface area contributed by atoms with Gasteiger partial charge in [0.05, 0.1) is 12.2 Å². The normalized spacial score (nSPS) is 10.4. The number of rotatable bonds is 6. The number of hydrogen-bond acceptors (Lipinski definition) is 3. The maximum absolute atomic E-state index is 10.4. The Labute approximate surface area is 147 Å². The molecule has 0 aliphatic rings. The van der Waals surface area contributed by atoms with Gasteiger partial charge in [0, 0.05) is 6.54 Å². The molecule has 5 heteroatoms. The smallest absolute Gasteiger partial charge is 0.335 e. The van der Waals surface area contributed by atoms with Crippen molar-refractivity contribution in [2.45, 2.75) is 41.5 Å². The Hall–Kier alpha value is -1.26. The SMILES string of the molecule is CCN(CC)CC(C)(C)C.CCOc1ccc(C(=O)O)cc1.Cl. The van der Waals surface area contributed by atoms with E-state index in [1.54, 1.807) is 12.1 Å². The molecule has 0 aliphatic carbocycles. The molecule has 0 aromatic heterocycles. The molecule has 1 N–H and O–H groups in total. The van der Waals surface area contributed by atoms with Crippen molar-refractivity contribution in [2.24, 2.45) is 5.41 Å². The van der Waals surface area contributed by atoms with Crippen molar-refractivity contribution in [3.63, 3.8) is 0 Å². The van der Waals surface area contributed by atoms with Crippen LogP contribution in [0.4, 0.5) is 0 Å². The first-order valence-electron chi connectivity index (χ1n) is 7.92. The lowest BCUT2D eigenvalue weighted by Crippen LogP contribution is -2.32. The van der Waals surface area contributed by atoms with Crippen LogP contribution >= 0.6 is 12.4 Å². The zero-order valence-electron chi connectivity index (χ0n) is 15.3. The van der Waals surface area contributed by atoms with Gasteiger partial charge in [-0.25, -0.2) is 4.79 Å². The summed E-state index contributed by atoms with van der Waals surface area (Å²) in [4.78, 5) is 12.9. The zero-order chi connectivity index (χ0) is 17.2. The van der Waals surface area contributed by atoms with E-state index in [-0.39, 0.29) is 18.0 Å². The molecule has 1 aromatic rings. The highest BCUT2D eigenvalue weighted by Gasteiger charge is 2.13. The predicted molar refractivity (Wildman–Crippen MR) is 99.1 cm³/mol. The van der Waals surface area contributed by atoms with Crippen molar-refractivity contribution < 1.29 is 14.6 Å². The van der Waals surface area contributed by atoms with E-state index in [0.29, 0.717) is 17.8 Å². The average Bonchev–Trinajstić information content (AvgIpc) is 2.45. The molecule has 1 rings (SSSR count). The third kappa shape index (κ3) is 11.9. The van der Waals surface area contributed by atoms with Crippen LogP contribution in [0.15, 0.2) is 24.3 Å². The molecule has 0 fully saturated rings. The number of hydrogen-bond donors (Lipinski definition) is 1. The van der Waals surface area contributed by atoms with Crippen LogP contribution in [0.25, 0.3) is 0 Å². The highest BCUT2D eigenvalue weighted by molar-refractivity contribution is 5.87. The van der Waals surface area contributed by atoms with Gasteiger partial charge in [-0.3, -0.25) is 0 Å². The molecular formula is C18H32ClNO3. The fraction of sp³-hybridized carbons (Fsp3) is 0.611. The van der Waals surface area contributed by atoms with E-state index in [1.807, 2.05) is 6.92 Å². The van der Waals surface area contributed by atoms with Gasteiger partial charge >= 0.3 is 5.97 Å². The number of ether oxygens (including phenoxy) is 1. The Balaban J connectivity index is 0. The topological polar surface area (TPSA) is 49.8 Å². The number of benzene rings is 1. The quantitative estimate of drug-likeness (QED) is 0.819. The van der Waals surface area contributed by atoms with Gasteiger partial charge in [-0.1, -0.05) is 34.6 Å². The first kappa shape index (κ1) is 24.0. The predicted octanol–water partition coefficient (Wildman–Crippen LogP) is 4.58. The van der Waals surface area contributed by atoms with Crippen molar-refractivity contribution in [3.8, 4) is 5.75 Å². The molecule has 0 aliphatic heterocycles. The Morgan fingerprint density at radius 1 is 1.09 bits per heavy atom. The molecule has 1 aromatic carbocycles. The second kappa shape index (κ2) is 12.2. The minimum Gasteiger partial charge on any atom is -0.494 e. The number of halogens is 1. The van der Waals surface area contributed by atoms with Crippen molar-refractivity contribution in [1.82, 2.24) is 4.90 Å². The first-order valence-corrected chi connectivity index (χ1v) is 7.92. The molecule has 0 heterocycles. The van der Waals surface area contributed by atoms with Crippen LogP contribution in [-0.4, -0.2) is 42.2 Å². The minimum absolute atomic E-state index is 0. The van der Waals surface area contributed by atoms with Gasteiger partial charge in [0.25, 0.3) is 0 Å². The molecule has 0 atom stereocenters. The lowest BCUT2D eigenvalue weighted by molar-refractivity contribution is 0.0697. The van der Waals surface area contributed by atoms with E-state index in [0.717, 1.165) is 0 Å². The molecule has 0 amide bonds. The second-order valence-electron chi connectivity index (χ2n) is 6.28. The molecule has 0 unspecified atom stereocenters. The molecule has 4 nitrogen and oxygen atoms in total. The molecule has 0 spiro atoms. The Morgan fingerprint density at radius 2 is 1.57 bits per heavy atom. The van der Waals surface area contributed by atoms with E-state index in [2.05, 4.69) is 39.5 Å². The Bertz CT molecular complexity index is 423. The highest BCUT2D eigenvalue weighted by atomic mass is 35.5. The van der Waals surface area contributed by atoms with Crippen LogP contribution in [0.2, 0.25) is 0 Å². The van der Waals surface area contributed by atoms with Crippen LogP contribution < -0.4 is 4.74 Å². The van der Waals surface area contributed by atoms with Gasteiger partial charge in [0.1, 0.15) is 5.75 Å².